The largest absolute Gasteiger partial charge is 0.508 e. The topological polar surface area (TPSA) is 138 Å². The van der Waals surface area contributed by atoms with E-state index >= 15 is 0 Å². The number of hydrogen-bond donors (Lipinski definition) is 3. The van der Waals surface area contributed by atoms with Crippen molar-refractivity contribution in [3.8, 4) is 28.4 Å². The molecule has 4 aromatic carbocycles. The predicted molar refractivity (Wildman–Crippen MR) is 190 cm³/mol. The molecular formula is C41H37N3O7. The summed E-state index contributed by atoms with van der Waals surface area (Å²) in [5.41, 5.74) is 7.66. The number of phenols is 1. The molecular weight excluding hydrogens is 646 g/mol. The van der Waals surface area contributed by atoms with Crippen LogP contribution in [-0.4, -0.2) is 56.6 Å². The highest BCUT2D eigenvalue weighted by molar-refractivity contribution is 5.98. The number of carboxylic acids is 1. The summed E-state index contributed by atoms with van der Waals surface area (Å²) >= 11 is 0. The van der Waals surface area contributed by atoms with Gasteiger partial charge >= 0.3 is 5.97 Å². The molecule has 2 aliphatic rings. The Bertz CT molecular complexity index is 2100. The highest BCUT2D eigenvalue weighted by Crippen LogP contribution is 2.41. The number of nitrogens with zero attached hydrogens (tertiary/aromatic N) is 2. The van der Waals surface area contributed by atoms with Crippen molar-refractivity contribution in [2.75, 3.05) is 6.61 Å². The molecule has 3 heterocycles. The zero-order valence-electron chi connectivity index (χ0n) is 28.2. The van der Waals surface area contributed by atoms with Gasteiger partial charge in [0.15, 0.2) is 17.6 Å². The lowest BCUT2D eigenvalue weighted by molar-refractivity contribution is -0.142. The van der Waals surface area contributed by atoms with Gasteiger partial charge in [-0.1, -0.05) is 54.6 Å². The number of benzene rings is 4. The first-order valence-corrected chi connectivity index (χ1v) is 16.8. The zero-order valence-corrected chi connectivity index (χ0v) is 28.2. The molecule has 0 radical (unpaired) electrons. The minimum atomic E-state index is -1.22. The Labute approximate surface area is 295 Å². The summed E-state index contributed by atoms with van der Waals surface area (Å²) in [6.07, 6.45) is 1.59. The van der Waals surface area contributed by atoms with Crippen molar-refractivity contribution in [3.05, 3.63) is 142 Å². The lowest BCUT2D eigenvalue weighted by atomic mass is 9.91. The van der Waals surface area contributed by atoms with E-state index in [1.165, 1.54) is 4.90 Å². The number of carboxylic acid groups (broad SMARTS) is 1. The van der Waals surface area contributed by atoms with Crippen molar-refractivity contribution >= 4 is 17.8 Å². The first kappa shape index (κ1) is 33.3. The van der Waals surface area contributed by atoms with Crippen molar-refractivity contribution in [1.82, 2.24) is 15.2 Å². The van der Waals surface area contributed by atoms with Crippen LogP contribution in [0, 0.1) is 13.8 Å². The van der Waals surface area contributed by atoms with Crippen LogP contribution in [0.4, 0.5) is 0 Å². The highest BCUT2D eigenvalue weighted by Gasteiger charge is 2.38. The number of fused-ring (bicyclic) bond motifs is 2. The average molecular weight is 684 g/mol. The number of ether oxygens (including phenoxy) is 2. The molecule has 0 saturated heterocycles. The fourth-order valence-corrected chi connectivity index (χ4v) is 6.68. The predicted octanol–water partition coefficient (Wildman–Crippen LogP) is 5.96. The third-order valence-electron chi connectivity index (χ3n) is 9.68. The maximum atomic E-state index is 14.0. The molecule has 0 unspecified atom stereocenters. The van der Waals surface area contributed by atoms with Gasteiger partial charge in [-0.05, 0) is 95.3 Å². The lowest BCUT2D eigenvalue weighted by Gasteiger charge is -2.37. The summed E-state index contributed by atoms with van der Waals surface area (Å²) in [4.78, 5) is 46.3. The molecule has 2 amide bonds. The molecule has 0 fully saturated rings. The Hall–Kier alpha value is -6.16. The summed E-state index contributed by atoms with van der Waals surface area (Å²) in [6.45, 7) is 4.33. The van der Waals surface area contributed by atoms with Gasteiger partial charge in [0.2, 0.25) is 5.91 Å². The van der Waals surface area contributed by atoms with Crippen LogP contribution in [0.1, 0.15) is 50.0 Å². The fraction of sp³-hybridized carbons (Fsp3) is 0.220. The lowest BCUT2D eigenvalue weighted by Crippen LogP contribution is -2.56. The van der Waals surface area contributed by atoms with Gasteiger partial charge < -0.3 is 29.9 Å². The molecule has 0 saturated carbocycles. The number of carbonyl (C=O) groups excluding carboxylic acids is 2. The van der Waals surface area contributed by atoms with E-state index < -0.39 is 30.1 Å². The van der Waals surface area contributed by atoms with E-state index in [-0.39, 0.29) is 37.6 Å². The van der Waals surface area contributed by atoms with Gasteiger partial charge in [0.1, 0.15) is 24.4 Å². The van der Waals surface area contributed by atoms with Crippen molar-refractivity contribution < 1.29 is 34.1 Å². The number of rotatable bonds is 8. The van der Waals surface area contributed by atoms with E-state index in [2.05, 4.69) is 10.3 Å². The Morgan fingerprint density at radius 3 is 2.37 bits per heavy atom. The number of hydrogen-bond acceptors (Lipinski definition) is 7. The van der Waals surface area contributed by atoms with E-state index in [4.69, 9.17) is 9.47 Å². The third-order valence-corrected chi connectivity index (χ3v) is 9.68. The first-order valence-electron chi connectivity index (χ1n) is 16.8. The van der Waals surface area contributed by atoms with Crippen LogP contribution in [0.15, 0.2) is 103 Å². The maximum absolute atomic E-state index is 14.0. The number of aromatic hydroxyl groups is 1. The molecule has 2 aliphatic heterocycles. The molecule has 7 rings (SSSR count). The number of carbonyl (C=O) groups is 3. The smallest absolute Gasteiger partial charge is 0.326 e. The number of pyridine rings is 1. The molecule has 3 N–H and O–H groups in total. The summed E-state index contributed by atoms with van der Waals surface area (Å²) in [5, 5.41) is 22.6. The summed E-state index contributed by atoms with van der Waals surface area (Å²) in [6, 6.07) is 26.5. The van der Waals surface area contributed by atoms with E-state index in [1.807, 2.05) is 62.4 Å². The molecule has 51 heavy (non-hydrogen) atoms. The Balaban J connectivity index is 1.13. The number of aryl methyl sites for hydroxylation is 1. The molecule has 0 spiro atoms. The van der Waals surface area contributed by atoms with Gasteiger partial charge in [-0.2, -0.15) is 0 Å². The van der Waals surface area contributed by atoms with E-state index in [9.17, 15) is 24.6 Å². The molecule has 0 bridgehead atoms. The fourth-order valence-electron chi connectivity index (χ4n) is 6.68. The van der Waals surface area contributed by atoms with Gasteiger partial charge in [0.05, 0.1) is 0 Å². The van der Waals surface area contributed by atoms with Gasteiger partial charge in [0, 0.05) is 36.8 Å². The molecule has 3 atom stereocenters. The quantitative estimate of drug-likeness (QED) is 0.182. The third kappa shape index (κ3) is 6.98. The molecule has 5 aromatic rings. The monoisotopic (exact) mass is 683 g/mol. The summed E-state index contributed by atoms with van der Waals surface area (Å²) < 4.78 is 12.4. The van der Waals surface area contributed by atoms with Crippen molar-refractivity contribution in [3.63, 3.8) is 0 Å². The molecule has 10 nitrogen and oxygen atoms in total. The van der Waals surface area contributed by atoms with Crippen LogP contribution < -0.4 is 14.8 Å². The molecule has 10 heteroatoms. The zero-order chi connectivity index (χ0) is 35.6. The van der Waals surface area contributed by atoms with Gasteiger partial charge in [-0.25, -0.2) is 4.79 Å². The second kappa shape index (κ2) is 14.0. The highest BCUT2D eigenvalue weighted by atomic mass is 16.6. The van der Waals surface area contributed by atoms with E-state index in [1.54, 1.807) is 54.7 Å². The normalized spacial score (nSPS) is 16.9. The Kier molecular flexibility index (Phi) is 9.15. The number of amides is 2. The maximum Gasteiger partial charge on any atom is 0.326 e. The van der Waals surface area contributed by atoms with Crippen LogP contribution in [0.25, 0.3) is 11.1 Å². The number of nitrogens with one attached hydrogen (secondary N) is 1. The Morgan fingerprint density at radius 2 is 1.65 bits per heavy atom. The standard InChI is InChI=1S/C41H37N3O7/c1-24-25(2)42-17-16-33(24)27-10-8-26(9-11-27)18-34(41(48)49)43-39(46)35-19-30-20-36-37(51-38(23-50-36)28-12-14-32(45)15-13-28)21-31(30)22-44(35)40(47)29-6-4-3-5-7-29/h3-17,20-21,34-35,38,45H,18-19,22-23H2,1-2H3,(H,43,46)(H,48,49)/t34-,35-,38+/m0/s1. The average Bonchev–Trinajstić information content (AvgIpc) is 3.14. The van der Waals surface area contributed by atoms with Crippen molar-refractivity contribution in [2.45, 2.75) is 51.4 Å². The van der Waals surface area contributed by atoms with Gasteiger partial charge in [0.25, 0.3) is 5.91 Å². The minimum absolute atomic E-state index is 0.0620. The van der Waals surface area contributed by atoms with Crippen LogP contribution in [0.3, 0.4) is 0 Å². The van der Waals surface area contributed by atoms with Gasteiger partial charge in [-0.15, -0.1) is 0 Å². The van der Waals surface area contributed by atoms with Crippen molar-refractivity contribution in [2.24, 2.45) is 0 Å². The van der Waals surface area contributed by atoms with E-state index in [0.29, 0.717) is 17.1 Å². The first-order chi connectivity index (χ1) is 24.6. The van der Waals surface area contributed by atoms with Crippen LogP contribution in [0.2, 0.25) is 0 Å². The van der Waals surface area contributed by atoms with Crippen molar-refractivity contribution in [1.29, 1.82) is 0 Å². The van der Waals surface area contributed by atoms with Crippen LogP contribution in [0.5, 0.6) is 17.2 Å². The number of phenolic OH excluding ortho intramolecular Hbond substituents is 1. The summed E-state index contributed by atoms with van der Waals surface area (Å²) in [7, 11) is 0. The van der Waals surface area contributed by atoms with Crippen LogP contribution in [-0.2, 0) is 29.0 Å². The molecule has 258 valence electrons. The second-order valence-corrected chi connectivity index (χ2v) is 13.0. The second-order valence-electron chi connectivity index (χ2n) is 13.0. The van der Waals surface area contributed by atoms with Gasteiger partial charge in [-0.3, -0.25) is 14.6 Å². The summed E-state index contributed by atoms with van der Waals surface area (Å²) in [5.74, 6) is -0.884. The number of aliphatic carboxylic acids is 1. The minimum Gasteiger partial charge on any atom is -0.508 e. The molecule has 0 aliphatic carbocycles. The molecule has 1 aromatic heterocycles. The SMILES string of the molecule is Cc1nccc(-c2ccc(C[C@H](NC(=O)[C@@H]3Cc4cc5c(cc4CN3C(=O)c3ccccc3)O[C@@H](c3ccc(O)cc3)CO5)C(=O)O)cc2)c1C. The van der Waals surface area contributed by atoms with Crippen LogP contribution >= 0.6 is 0 Å². The number of aromatic nitrogens is 1. The Morgan fingerprint density at radius 1 is 0.922 bits per heavy atom. The van der Waals surface area contributed by atoms with E-state index in [0.717, 1.165) is 44.6 Å².